The Balaban J connectivity index is 1.50. The molecule has 5 N–H and O–H groups in total. The highest BCUT2D eigenvalue weighted by Gasteiger charge is 2.18. The van der Waals surface area contributed by atoms with E-state index in [9.17, 15) is 9.18 Å². The molecule has 4 heterocycles. The van der Waals surface area contributed by atoms with Gasteiger partial charge < -0.3 is 16.0 Å². The molecule has 5 aromatic rings. The summed E-state index contributed by atoms with van der Waals surface area (Å²) in [4.78, 5) is 32.0. The fraction of sp³-hybridized carbons (Fsp3) is 0.0769. The minimum absolute atomic E-state index is 0.0253. The SMILES string of the molecule is CCC(=O)Nc1ccc(-c2cnc(N)c(C(=N)c3nc4c(-c5ccccc5F)cncc4[nH]3)c2)cn1. The molecule has 1 amide bonds. The molecule has 9 nitrogen and oxygen atoms in total. The Bertz CT molecular complexity index is 1610. The molecule has 0 aliphatic carbocycles. The minimum atomic E-state index is -0.388. The van der Waals surface area contributed by atoms with Crippen molar-refractivity contribution in [2.75, 3.05) is 11.1 Å². The van der Waals surface area contributed by atoms with E-state index in [1.165, 1.54) is 6.07 Å². The number of nitrogens with one attached hydrogen (secondary N) is 3. The number of pyridine rings is 3. The van der Waals surface area contributed by atoms with Crippen molar-refractivity contribution in [3.63, 3.8) is 0 Å². The normalized spacial score (nSPS) is 10.9. The van der Waals surface area contributed by atoms with Crippen molar-refractivity contribution in [3.05, 3.63) is 84.5 Å². The number of nitrogen functional groups attached to an aromatic ring is 1. The van der Waals surface area contributed by atoms with Crippen molar-refractivity contribution in [3.8, 4) is 22.3 Å². The van der Waals surface area contributed by atoms with Crippen LogP contribution in [0.2, 0.25) is 0 Å². The first-order chi connectivity index (χ1) is 17.4. The second kappa shape index (κ2) is 9.34. The van der Waals surface area contributed by atoms with E-state index in [1.807, 2.05) is 0 Å². The molecule has 10 heteroatoms. The first kappa shape index (κ1) is 22.8. The lowest BCUT2D eigenvalue weighted by Crippen LogP contribution is -2.10. The number of amides is 1. The molecule has 0 spiro atoms. The number of carbonyl (C=O) groups is 1. The smallest absolute Gasteiger partial charge is 0.225 e. The predicted molar refractivity (Wildman–Crippen MR) is 136 cm³/mol. The zero-order chi connectivity index (χ0) is 25.2. The maximum Gasteiger partial charge on any atom is 0.225 e. The Morgan fingerprint density at radius 1 is 1.06 bits per heavy atom. The third kappa shape index (κ3) is 4.27. The summed E-state index contributed by atoms with van der Waals surface area (Å²) < 4.78 is 14.4. The van der Waals surface area contributed by atoms with Crippen LogP contribution in [0.15, 0.2) is 67.3 Å². The molecular formula is C26H21FN8O. The van der Waals surface area contributed by atoms with Crippen molar-refractivity contribution in [2.24, 2.45) is 0 Å². The Hall–Kier alpha value is -4.99. The minimum Gasteiger partial charge on any atom is -0.383 e. The van der Waals surface area contributed by atoms with E-state index in [-0.39, 0.29) is 29.1 Å². The number of nitrogens with zero attached hydrogens (tertiary/aromatic N) is 4. The number of aromatic nitrogens is 5. The van der Waals surface area contributed by atoms with Gasteiger partial charge in [0.05, 0.1) is 11.7 Å². The molecule has 178 valence electrons. The summed E-state index contributed by atoms with van der Waals surface area (Å²) in [6.07, 6.45) is 6.68. The number of fused-ring (bicyclic) bond motifs is 1. The van der Waals surface area contributed by atoms with Crippen LogP contribution < -0.4 is 11.1 Å². The van der Waals surface area contributed by atoms with E-state index >= 15 is 0 Å². The first-order valence-electron chi connectivity index (χ1n) is 11.1. The number of imidazole rings is 1. The molecule has 0 saturated carbocycles. The van der Waals surface area contributed by atoms with E-state index in [4.69, 9.17) is 11.1 Å². The van der Waals surface area contributed by atoms with Crippen molar-refractivity contribution in [1.82, 2.24) is 24.9 Å². The second-order valence-corrected chi connectivity index (χ2v) is 8.01. The molecule has 0 saturated heterocycles. The molecule has 0 bridgehead atoms. The Morgan fingerprint density at radius 2 is 1.86 bits per heavy atom. The van der Waals surface area contributed by atoms with Crippen molar-refractivity contribution in [1.29, 1.82) is 5.41 Å². The molecule has 5 rings (SSSR count). The third-order valence-electron chi connectivity index (χ3n) is 5.67. The van der Waals surface area contributed by atoms with Crippen LogP contribution in [0.3, 0.4) is 0 Å². The van der Waals surface area contributed by atoms with E-state index in [0.717, 1.165) is 5.56 Å². The van der Waals surface area contributed by atoms with Crippen molar-refractivity contribution >= 4 is 34.3 Å². The second-order valence-electron chi connectivity index (χ2n) is 8.01. The average Bonchev–Trinajstić information content (AvgIpc) is 3.34. The van der Waals surface area contributed by atoms with Gasteiger partial charge >= 0.3 is 0 Å². The number of carbonyl (C=O) groups excluding carboxylic acids is 1. The van der Waals surface area contributed by atoms with Crippen LogP contribution in [-0.4, -0.2) is 36.5 Å². The van der Waals surface area contributed by atoms with Crippen LogP contribution in [0.25, 0.3) is 33.3 Å². The summed E-state index contributed by atoms with van der Waals surface area (Å²) in [7, 11) is 0. The average molecular weight is 481 g/mol. The number of nitrogens with two attached hydrogens (primary N) is 1. The molecule has 1 aromatic carbocycles. The van der Waals surface area contributed by atoms with E-state index in [0.29, 0.717) is 45.5 Å². The number of anilines is 2. The summed E-state index contributed by atoms with van der Waals surface area (Å²) in [5, 5.41) is 11.5. The lowest BCUT2D eigenvalue weighted by Gasteiger charge is -2.09. The maximum absolute atomic E-state index is 14.4. The molecule has 4 aromatic heterocycles. The van der Waals surface area contributed by atoms with Gasteiger partial charge in [-0.05, 0) is 24.3 Å². The Kier molecular flexibility index (Phi) is 5.91. The van der Waals surface area contributed by atoms with Crippen LogP contribution in [0.4, 0.5) is 16.0 Å². The maximum atomic E-state index is 14.4. The van der Waals surface area contributed by atoms with Crippen molar-refractivity contribution < 1.29 is 9.18 Å². The predicted octanol–water partition coefficient (Wildman–Crippen LogP) is 4.57. The van der Waals surface area contributed by atoms with Gasteiger partial charge in [-0.1, -0.05) is 25.1 Å². The number of hydrogen-bond acceptors (Lipinski definition) is 7. The number of halogens is 1. The van der Waals surface area contributed by atoms with Gasteiger partial charge in [0.15, 0.2) is 5.82 Å². The molecule has 0 atom stereocenters. The monoisotopic (exact) mass is 480 g/mol. The van der Waals surface area contributed by atoms with Crippen LogP contribution in [0.1, 0.15) is 24.7 Å². The first-order valence-corrected chi connectivity index (χ1v) is 11.1. The highest BCUT2D eigenvalue weighted by Crippen LogP contribution is 2.29. The highest BCUT2D eigenvalue weighted by molar-refractivity contribution is 6.13. The standard InChI is InChI=1S/C26H21FN8O/c1-2-22(36)34-21-8-7-14(10-31-21)15-9-17(25(29)32-11-15)23(28)26-33-20-13-30-12-18(24(20)35-26)16-5-3-4-6-19(16)27/h3-13,28H,2H2,1H3,(H2,29,32)(H,33,35)(H,31,34,36). The number of rotatable bonds is 6. The van der Waals surface area contributed by atoms with Crippen LogP contribution in [0, 0.1) is 11.2 Å². The molecule has 36 heavy (non-hydrogen) atoms. The number of hydrogen-bond donors (Lipinski definition) is 4. The van der Waals surface area contributed by atoms with E-state index in [2.05, 4.69) is 30.2 Å². The van der Waals surface area contributed by atoms with Gasteiger partial charge in [0.2, 0.25) is 5.91 Å². The fourth-order valence-corrected chi connectivity index (χ4v) is 3.76. The molecule has 0 unspecified atom stereocenters. The summed E-state index contributed by atoms with van der Waals surface area (Å²) in [5.41, 5.74) is 9.88. The summed E-state index contributed by atoms with van der Waals surface area (Å²) in [5.74, 6) is 0.345. The highest BCUT2D eigenvalue weighted by atomic mass is 19.1. The Morgan fingerprint density at radius 3 is 2.61 bits per heavy atom. The van der Waals surface area contributed by atoms with Gasteiger partial charge in [0.1, 0.15) is 28.7 Å². The fourth-order valence-electron chi connectivity index (χ4n) is 3.76. The number of benzene rings is 1. The molecular weight excluding hydrogens is 459 g/mol. The number of aromatic amines is 1. The zero-order valence-corrected chi connectivity index (χ0v) is 19.2. The topological polar surface area (TPSA) is 146 Å². The summed E-state index contributed by atoms with van der Waals surface area (Å²) in [6.45, 7) is 1.76. The van der Waals surface area contributed by atoms with Gasteiger partial charge in [0, 0.05) is 52.8 Å². The van der Waals surface area contributed by atoms with Crippen LogP contribution >= 0.6 is 0 Å². The molecule has 0 fully saturated rings. The molecule has 0 aliphatic heterocycles. The Labute approximate surface area is 205 Å². The van der Waals surface area contributed by atoms with Gasteiger partial charge in [-0.2, -0.15) is 0 Å². The van der Waals surface area contributed by atoms with Crippen LogP contribution in [0.5, 0.6) is 0 Å². The lowest BCUT2D eigenvalue weighted by atomic mass is 10.0. The molecule has 0 radical (unpaired) electrons. The van der Waals surface area contributed by atoms with Gasteiger partial charge in [-0.3, -0.25) is 15.2 Å². The van der Waals surface area contributed by atoms with Gasteiger partial charge in [-0.15, -0.1) is 0 Å². The van der Waals surface area contributed by atoms with Crippen LogP contribution in [-0.2, 0) is 4.79 Å². The quantitative estimate of drug-likeness (QED) is 0.262. The molecule has 0 aliphatic rings. The van der Waals surface area contributed by atoms with Gasteiger partial charge in [-0.25, -0.2) is 19.3 Å². The van der Waals surface area contributed by atoms with Gasteiger partial charge in [0.25, 0.3) is 0 Å². The largest absolute Gasteiger partial charge is 0.383 e. The number of H-pyrrole nitrogens is 1. The zero-order valence-electron chi connectivity index (χ0n) is 19.2. The third-order valence-corrected chi connectivity index (χ3v) is 5.67. The van der Waals surface area contributed by atoms with Crippen molar-refractivity contribution in [2.45, 2.75) is 13.3 Å². The summed E-state index contributed by atoms with van der Waals surface area (Å²) >= 11 is 0. The lowest BCUT2D eigenvalue weighted by molar-refractivity contribution is -0.115. The summed E-state index contributed by atoms with van der Waals surface area (Å²) in [6, 6.07) is 11.6. The van der Waals surface area contributed by atoms with E-state index < -0.39 is 0 Å². The van der Waals surface area contributed by atoms with E-state index in [1.54, 1.807) is 68.1 Å².